The Kier molecular flexibility index (Phi) is 5.34. The lowest BCUT2D eigenvalue weighted by atomic mass is 10.0. The molecule has 0 aliphatic carbocycles. The van der Waals surface area contributed by atoms with Crippen molar-refractivity contribution in [2.75, 3.05) is 0 Å². The number of aromatic nitrogens is 2. The summed E-state index contributed by atoms with van der Waals surface area (Å²) >= 11 is 0. The van der Waals surface area contributed by atoms with Crippen molar-refractivity contribution in [1.82, 2.24) is 9.55 Å². The first-order valence-corrected chi connectivity index (χ1v) is 9.50. The van der Waals surface area contributed by atoms with Gasteiger partial charge in [0.25, 0.3) is 0 Å². The zero-order chi connectivity index (χ0) is 20.2. The zero-order valence-corrected chi connectivity index (χ0v) is 16.0. The van der Waals surface area contributed by atoms with E-state index in [4.69, 9.17) is 0 Å². The second-order valence-corrected chi connectivity index (χ2v) is 6.72. The lowest BCUT2D eigenvalue weighted by Gasteiger charge is -2.02. The van der Waals surface area contributed by atoms with E-state index in [1.165, 1.54) is 17.7 Å². The molecule has 0 radical (unpaired) electrons. The number of halogens is 2. The highest BCUT2D eigenvalue weighted by Gasteiger charge is 2.11. The van der Waals surface area contributed by atoms with Gasteiger partial charge in [-0.05, 0) is 41.8 Å². The van der Waals surface area contributed by atoms with Crippen LogP contribution < -0.4 is 0 Å². The summed E-state index contributed by atoms with van der Waals surface area (Å²) < 4.78 is 29.2. The molecule has 0 amide bonds. The van der Waals surface area contributed by atoms with Gasteiger partial charge in [-0.1, -0.05) is 60.7 Å². The largest absolute Gasteiger partial charge is 0.331 e. The minimum atomic E-state index is -0.613. The predicted molar refractivity (Wildman–Crippen MR) is 114 cm³/mol. The van der Waals surface area contributed by atoms with Crippen LogP contribution in [0.4, 0.5) is 8.78 Å². The lowest BCUT2D eigenvalue weighted by molar-refractivity contribution is 0.585. The first-order valence-electron chi connectivity index (χ1n) is 9.50. The van der Waals surface area contributed by atoms with Gasteiger partial charge < -0.3 is 4.57 Å². The second kappa shape index (κ2) is 8.23. The van der Waals surface area contributed by atoms with Crippen molar-refractivity contribution >= 4 is 12.2 Å². The molecule has 3 aromatic carbocycles. The van der Waals surface area contributed by atoms with Crippen LogP contribution in [0.25, 0.3) is 34.5 Å². The van der Waals surface area contributed by atoms with Crippen LogP contribution in [0, 0.1) is 11.6 Å². The molecule has 0 aliphatic heterocycles. The molecule has 0 fully saturated rings. The molecule has 1 heterocycles. The normalized spacial score (nSPS) is 11.3. The van der Waals surface area contributed by atoms with Crippen molar-refractivity contribution < 1.29 is 8.78 Å². The highest BCUT2D eigenvalue weighted by Crippen LogP contribution is 2.24. The number of imidazole rings is 1. The summed E-state index contributed by atoms with van der Waals surface area (Å²) in [5.41, 5.74) is 4.16. The van der Waals surface area contributed by atoms with E-state index in [1.807, 2.05) is 41.8 Å². The molecule has 4 aromatic rings. The topological polar surface area (TPSA) is 17.8 Å². The van der Waals surface area contributed by atoms with Gasteiger partial charge in [0.2, 0.25) is 0 Å². The van der Waals surface area contributed by atoms with Crippen molar-refractivity contribution in [3.8, 4) is 22.4 Å². The van der Waals surface area contributed by atoms with Gasteiger partial charge in [-0.15, -0.1) is 0 Å². The standard InChI is InChI=1S/C25H20F2N2/c1-2-29-17-24(22-14-13-21(26)16-23(22)27)28-25(29)15-10-18-8-11-20(12-9-18)19-6-4-3-5-7-19/h3-17H,2H2,1H3/b15-10+. The number of rotatable bonds is 5. The van der Waals surface area contributed by atoms with Crippen molar-refractivity contribution in [2.24, 2.45) is 0 Å². The molecule has 29 heavy (non-hydrogen) atoms. The summed E-state index contributed by atoms with van der Waals surface area (Å²) in [6, 6.07) is 22.0. The van der Waals surface area contributed by atoms with Gasteiger partial charge in [0.15, 0.2) is 0 Å². The van der Waals surface area contributed by atoms with Crippen LogP contribution in [0.5, 0.6) is 0 Å². The molecule has 4 heteroatoms. The maximum absolute atomic E-state index is 14.1. The highest BCUT2D eigenvalue weighted by atomic mass is 19.1. The van der Waals surface area contributed by atoms with Gasteiger partial charge in [-0.3, -0.25) is 0 Å². The minimum absolute atomic E-state index is 0.292. The van der Waals surface area contributed by atoms with E-state index in [1.54, 1.807) is 6.20 Å². The molecule has 4 rings (SSSR count). The van der Waals surface area contributed by atoms with E-state index in [2.05, 4.69) is 41.4 Å². The third-order valence-electron chi connectivity index (χ3n) is 4.80. The van der Waals surface area contributed by atoms with Crippen LogP contribution in [0.2, 0.25) is 0 Å². The van der Waals surface area contributed by atoms with E-state index in [9.17, 15) is 8.78 Å². The summed E-state index contributed by atoms with van der Waals surface area (Å²) in [5.74, 6) is -0.489. The Morgan fingerprint density at radius 2 is 1.59 bits per heavy atom. The summed E-state index contributed by atoms with van der Waals surface area (Å²) in [7, 11) is 0. The molecule has 0 bridgehead atoms. The summed E-state index contributed by atoms with van der Waals surface area (Å²) in [6.45, 7) is 2.70. The fourth-order valence-corrected chi connectivity index (χ4v) is 3.23. The summed E-state index contributed by atoms with van der Waals surface area (Å²) in [5, 5.41) is 0. The molecule has 0 spiro atoms. The maximum atomic E-state index is 14.1. The number of nitrogens with zero attached hydrogens (tertiary/aromatic N) is 2. The number of hydrogen-bond donors (Lipinski definition) is 0. The van der Waals surface area contributed by atoms with Crippen LogP contribution in [0.3, 0.4) is 0 Å². The SMILES string of the molecule is CCn1cc(-c2ccc(F)cc2F)nc1/C=C/c1ccc(-c2ccccc2)cc1. The Morgan fingerprint density at radius 3 is 2.28 bits per heavy atom. The number of aryl methyl sites for hydroxylation is 1. The van der Waals surface area contributed by atoms with Crippen LogP contribution in [0.1, 0.15) is 18.3 Å². The molecule has 0 N–H and O–H groups in total. The van der Waals surface area contributed by atoms with Crippen LogP contribution >= 0.6 is 0 Å². The maximum Gasteiger partial charge on any atom is 0.135 e. The second-order valence-electron chi connectivity index (χ2n) is 6.72. The van der Waals surface area contributed by atoms with Gasteiger partial charge in [-0.2, -0.15) is 0 Å². The average Bonchev–Trinajstić information content (AvgIpc) is 3.16. The van der Waals surface area contributed by atoms with Gasteiger partial charge in [0.05, 0.1) is 5.69 Å². The molecule has 1 aromatic heterocycles. The van der Waals surface area contributed by atoms with Crippen LogP contribution in [-0.4, -0.2) is 9.55 Å². The average molecular weight is 386 g/mol. The van der Waals surface area contributed by atoms with Crippen molar-refractivity contribution in [3.05, 3.63) is 102 Å². The van der Waals surface area contributed by atoms with E-state index >= 15 is 0 Å². The molecule has 0 unspecified atom stereocenters. The quantitative estimate of drug-likeness (QED) is 0.374. The first-order chi connectivity index (χ1) is 14.1. The molecular weight excluding hydrogens is 366 g/mol. The Balaban J connectivity index is 1.59. The number of benzene rings is 3. The molecule has 2 nitrogen and oxygen atoms in total. The van der Waals surface area contributed by atoms with E-state index in [0.717, 1.165) is 23.0 Å². The van der Waals surface area contributed by atoms with Gasteiger partial charge in [-0.25, -0.2) is 13.8 Å². The van der Waals surface area contributed by atoms with Crippen molar-refractivity contribution in [2.45, 2.75) is 13.5 Å². The predicted octanol–water partition coefficient (Wildman–Crippen LogP) is 6.69. The number of hydrogen-bond acceptors (Lipinski definition) is 1. The first kappa shape index (κ1) is 18.8. The zero-order valence-electron chi connectivity index (χ0n) is 16.0. The van der Waals surface area contributed by atoms with E-state index in [-0.39, 0.29) is 0 Å². The van der Waals surface area contributed by atoms with E-state index < -0.39 is 11.6 Å². The monoisotopic (exact) mass is 386 g/mol. The van der Waals surface area contributed by atoms with Gasteiger partial charge in [0.1, 0.15) is 17.5 Å². The fourth-order valence-electron chi connectivity index (χ4n) is 3.23. The summed E-state index contributed by atoms with van der Waals surface area (Å²) in [4.78, 5) is 4.54. The molecule has 0 atom stereocenters. The van der Waals surface area contributed by atoms with Crippen LogP contribution in [-0.2, 0) is 6.54 Å². The van der Waals surface area contributed by atoms with Crippen molar-refractivity contribution in [1.29, 1.82) is 0 Å². The molecule has 0 aliphatic rings. The fraction of sp³-hybridized carbons (Fsp3) is 0.0800. The lowest BCUT2D eigenvalue weighted by Crippen LogP contribution is -1.94. The third kappa shape index (κ3) is 4.16. The molecule has 144 valence electrons. The van der Waals surface area contributed by atoms with Crippen LogP contribution in [0.15, 0.2) is 79.0 Å². The molecule has 0 saturated carbocycles. The van der Waals surface area contributed by atoms with E-state index in [0.29, 0.717) is 17.8 Å². The third-order valence-corrected chi connectivity index (χ3v) is 4.80. The Bertz CT molecular complexity index is 1140. The summed E-state index contributed by atoms with van der Waals surface area (Å²) in [6.07, 6.45) is 5.68. The molecule has 0 saturated heterocycles. The van der Waals surface area contributed by atoms with Gasteiger partial charge in [0, 0.05) is 24.4 Å². The minimum Gasteiger partial charge on any atom is -0.331 e. The Morgan fingerprint density at radius 1 is 0.862 bits per heavy atom. The Labute approximate surface area is 168 Å². The van der Waals surface area contributed by atoms with Gasteiger partial charge >= 0.3 is 0 Å². The Hall–Kier alpha value is -3.53. The highest BCUT2D eigenvalue weighted by molar-refractivity contribution is 5.71. The smallest absolute Gasteiger partial charge is 0.135 e. The molecular formula is C25H20F2N2. The van der Waals surface area contributed by atoms with Crippen molar-refractivity contribution in [3.63, 3.8) is 0 Å².